The summed E-state index contributed by atoms with van der Waals surface area (Å²) in [7, 11) is 0. The van der Waals surface area contributed by atoms with Crippen LogP contribution in [0.2, 0.25) is 0 Å². The Morgan fingerprint density at radius 1 is 1.11 bits per heavy atom. The average Bonchev–Trinajstić information content (AvgIpc) is 2.35. The van der Waals surface area contributed by atoms with E-state index in [2.05, 4.69) is 30.2 Å². The van der Waals surface area contributed by atoms with E-state index in [4.69, 9.17) is 4.98 Å². The Morgan fingerprint density at radius 3 is 2.47 bits per heavy atom. The number of aromatic nitrogens is 2. The van der Waals surface area contributed by atoms with Gasteiger partial charge in [-0.05, 0) is 26.2 Å². The van der Waals surface area contributed by atoms with Crippen LogP contribution in [0, 0.1) is 6.92 Å². The molecule has 0 aromatic carbocycles. The van der Waals surface area contributed by atoms with Crippen LogP contribution in [0.15, 0.2) is 6.07 Å². The molecule has 0 spiro atoms. The quantitative estimate of drug-likeness (QED) is 0.871. The number of nitrogens with one attached hydrogen (secondary N) is 1. The van der Waals surface area contributed by atoms with E-state index in [0.29, 0.717) is 5.92 Å². The lowest BCUT2D eigenvalue weighted by atomic mass is 9.90. The first-order valence-electron chi connectivity index (χ1n) is 7.89. The Kier molecular flexibility index (Phi) is 5.62. The van der Waals surface area contributed by atoms with Crippen molar-refractivity contribution in [3.05, 3.63) is 17.6 Å². The molecule has 1 aliphatic carbocycles. The SMILES string of the molecule is CCCNc1cc(C)nc(C2CCCCCCC2)n1. The molecule has 0 saturated heterocycles. The summed E-state index contributed by atoms with van der Waals surface area (Å²) < 4.78 is 0. The van der Waals surface area contributed by atoms with Gasteiger partial charge >= 0.3 is 0 Å². The van der Waals surface area contributed by atoms with Crippen LogP contribution in [0.5, 0.6) is 0 Å². The van der Waals surface area contributed by atoms with E-state index < -0.39 is 0 Å². The van der Waals surface area contributed by atoms with Crippen LogP contribution in [-0.2, 0) is 0 Å². The van der Waals surface area contributed by atoms with E-state index in [1.54, 1.807) is 0 Å². The molecule has 19 heavy (non-hydrogen) atoms. The molecule has 3 nitrogen and oxygen atoms in total. The lowest BCUT2D eigenvalue weighted by Crippen LogP contribution is -2.11. The summed E-state index contributed by atoms with van der Waals surface area (Å²) in [6.07, 6.45) is 10.5. The normalized spacial score (nSPS) is 17.8. The number of hydrogen-bond acceptors (Lipinski definition) is 3. The van der Waals surface area contributed by atoms with Gasteiger partial charge in [-0.3, -0.25) is 0 Å². The molecule has 0 unspecified atom stereocenters. The van der Waals surface area contributed by atoms with Crippen LogP contribution < -0.4 is 5.32 Å². The van der Waals surface area contributed by atoms with Crippen LogP contribution in [0.3, 0.4) is 0 Å². The summed E-state index contributed by atoms with van der Waals surface area (Å²) >= 11 is 0. The maximum absolute atomic E-state index is 4.74. The molecule has 0 amide bonds. The van der Waals surface area contributed by atoms with Gasteiger partial charge in [-0.2, -0.15) is 0 Å². The van der Waals surface area contributed by atoms with E-state index in [1.165, 1.54) is 44.9 Å². The van der Waals surface area contributed by atoms with Gasteiger partial charge in [0.05, 0.1) is 0 Å². The summed E-state index contributed by atoms with van der Waals surface area (Å²) in [5.74, 6) is 2.65. The zero-order chi connectivity index (χ0) is 13.5. The predicted molar refractivity (Wildman–Crippen MR) is 80.6 cm³/mol. The number of hydrogen-bond donors (Lipinski definition) is 1. The van der Waals surface area contributed by atoms with Crippen LogP contribution in [0.4, 0.5) is 5.82 Å². The van der Waals surface area contributed by atoms with E-state index in [9.17, 15) is 0 Å². The van der Waals surface area contributed by atoms with Crippen molar-refractivity contribution in [3.8, 4) is 0 Å². The minimum absolute atomic E-state index is 0.572. The lowest BCUT2D eigenvalue weighted by Gasteiger charge is -2.19. The minimum atomic E-state index is 0.572. The first-order valence-corrected chi connectivity index (χ1v) is 7.89. The zero-order valence-electron chi connectivity index (χ0n) is 12.4. The van der Waals surface area contributed by atoms with Gasteiger partial charge in [0.2, 0.25) is 0 Å². The highest BCUT2D eigenvalue weighted by molar-refractivity contribution is 5.36. The van der Waals surface area contributed by atoms with Crippen LogP contribution in [0.1, 0.15) is 75.7 Å². The largest absolute Gasteiger partial charge is 0.370 e. The molecule has 1 saturated carbocycles. The van der Waals surface area contributed by atoms with Crippen molar-refractivity contribution in [1.82, 2.24) is 9.97 Å². The molecule has 2 rings (SSSR count). The van der Waals surface area contributed by atoms with E-state index in [1.807, 2.05) is 0 Å². The minimum Gasteiger partial charge on any atom is -0.370 e. The first-order chi connectivity index (χ1) is 9.29. The van der Waals surface area contributed by atoms with Gasteiger partial charge in [0.1, 0.15) is 11.6 Å². The fourth-order valence-electron chi connectivity index (χ4n) is 2.83. The molecular weight excluding hydrogens is 234 g/mol. The molecule has 1 aliphatic rings. The van der Waals surface area contributed by atoms with Crippen molar-refractivity contribution < 1.29 is 0 Å². The van der Waals surface area contributed by atoms with Crippen molar-refractivity contribution in [1.29, 1.82) is 0 Å². The second kappa shape index (κ2) is 7.46. The summed E-state index contributed by atoms with van der Waals surface area (Å²) in [5, 5.41) is 3.39. The predicted octanol–water partition coefficient (Wildman–Crippen LogP) is 4.43. The number of nitrogens with zero attached hydrogens (tertiary/aromatic N) is 2. The lowest BCUT2D eigenvalue weighted by molar-refractivity contribution is 0.442. The van der Waals surface area contributed by atoms with Gasteiger partial charge < -0.3 is 5.32 Å². The molecule has 1 heterocycles. The topological polar surface area (TPSA) is 37.8 Å². The van der Waals surface area contributed by atoms with Gasteiger partial charge in [0, 0.05) is 24.2 Å². The second-order valence-corrected chi connectivity index (χ2v) is 5.72. The molecular formula is C16H27N3. The summed E-state index contributed by atoms with van der Waals surface area (Å²) in [6.45, 7) is 5.24. The van der Waals surface area contributed by atoms with Gasteiger partial charge in [0.15, 0.2) is 0 Å². The molecule has 106 valence electrons. The highest BCUT2D eigenvalue weighted by Gasteiger charge is 2.17. The monoisotopic (exact) mass is 261 g/mol. The molecule has 1 N–H and O–H groups in total. The Morgan fingerprint density at radius 2 is 1.79 bits per heavy atom. The van der Waals surface area contributed by atoms with Crippen LogP contribution in [0.25, 0.3) is 0 Å². The summed E-state index contributed by atoms with van der Waals surface area (Å²) in [6, 6.07) is 2.06. The molecule has 0 bridgehead atoms. The fourth-order valence-corrected chi connectivity index (χ4v) is 2.83. The molecule has 3 heteroatoms. The van der Waals surface area contributed by atoms with Gasteiger partial charge in [-0.15, -0.1) is 0 Å². The second-order valence-electron chi connectivity index (χ2n) is 5.72. The first kappa shape index (κ1) is 14.3. The van der Waals surface area contributed by atoms with Crippen molar-refractivity contribution in [2.75, 3.05) is 11.9 Å². The smallest absolute Gasteiger partial charge is 0.134 e. The number of anilines is 1. The third-order valence-electron chi connectivity index (χ3n) is 3.90. The Bertz CT molecular complexity index is 382. The van der Waals surface area contributed by atoms with Crippen molar-refractivity contribution in [2.24, 2.45) is 0 Å². The maximum atomic E-state index is 4.74. The maximum Gasteiger partial charge on any atom is 0.134 e. The molecule has 0 radical (unpaired) electrons. The highest BCUT2D eigenvalue weighted by atomic mass is 15.0. The average molecular weight is 261 g/mol. The van der Waals surface area contributed by atoms with Crippen LogP contribution in [-0.4, -0.2) is 16.5 Å². The Hall–Kier alpha value is -1.12. The zero-order valence-corrected chi connectivity index (χ0v) is 12.4. The van der Waals surface area contributed by atoms with Crippen molar-refractivity contribution in [2.45, 2.75) is 71.1 Å². The number of aryl methyl sites for hydroxylation is 1. The Balaban J connectivity index is 2.10. The van der Waals surface area contributed by atoms with Gasteiger partial charge in [-0.1, -0.05) is 39.0 Å². The third-order valence-corrected chi connectivity index (χ3v) is 3.90. The van der Waals surface area contributed by atoms with Crippen molar-refractivity contribution >= 4 is 5.82 Å². The molecule has 1 fully saturated rings. The van der Waals surface area contributed by atoms with Gasteiger partial charge in [-0.25, -0.2) is 9.97 Å². The van der Waals surface area contributed by atoms with E-state index in [-0.39, 0.29) is 0 Å². The molecule has 0 aliphatic heterocycles. The highest BCUT2D eigenvalue weighted by Crippen LogP contribution is 2.29. The molecule has 0 atom stereocenters. The third kappa shape index (κ3) is 4.48. The summed E-state index contributed by atoms with van der Waals surface area (Å²) in [4.78, 5) is 9.43. The summed E-state index contributed by atoms with van der Waals surface area (Å²) in [5.41, 5.74) is 1.09. The fraction of sp³-hybridized carbons (Fsp3) is 0.750. The number of rotatable bonds is 4. The van der Waals surface area contributed by atoms with Crippen LogP contribution >= 0.6 is 0 Å². The Labute approximate surface area is 117 Å². The standard InChI is InChI=1S/C16H27N3/c1-3-11-17-15-12-13(2)18-16(19-15)14-9-7-5-4-6-8-10-14/h12,14H,3-11H2,1-2H3,(H,17,18,19). The van der Waals surface area contributed by atoms with E-state index >= 15 is 0 Å². The van der Waals surface area contributed by atoms with E-state index in [0.717, 1.165) is 30.3 Å². The molecule has 1 aromatic heterocycles. The molecule has 1 aromatic rings. The van der Waals surface area contributed by atoms with Gasteiger partial charge in [0.25, 0.3) is 0 Å². The van der Waals surface area contributed by atoms with Crippen molar-refractivity contribution in [3.63, 3.8) is 0 Å².